The van der Waals surface area contributed by atoms with E-state index in [1.54, 1.807) is 0 Å². The van der Waals surface area contributed by atoms with E-state index in [1.807, 2.05) is 30.3 Å². The number of ether oxygens (including phenoxy) is 1. The normalized spacial score (nSPS) is 16.7. The molecule has 1 aromatic rings. The third kappa shape index (κ3) is 6.25. The van der Waals surface area contributed by atoms with Crippen LogP contribution in [0, 0.1) is 0 Å². The maximum absolute atomic E-state index is 12.8. The summed E-state index contributed by atoms with van der Waals surface area (Å²) in [6, 6.07) is 8.85. The molecular weight excluding hydrogens is 433 g/mol. The van der Waals surface area contributed by atoms with E-state index in [1.165, 1.54) is 28.5 Å². The van der Waals surface area contributed by atoms with E-state index in [9.17, 15) is 24.3 Å². The molecule has 2 heterocycles. The van der Waals surface area contributed by atoms with Crippen LogP contribution in [0.2, 0.25) is 0 Å². The number of thioether (sulfide) groups is 1. The number of amides is 3. The van der Waals surface area contributed by atoms with Crippen molar-refractivity contribution in [2.45, 2.75) is 32.4 Å². The SMILES string of the molecule is CC(=O)NCCSCN(C(=O)OCc1ccccc1)C1=C(C(=O)[O-])N2C(=O)CC2C1.[Na+]. The van der Waals surface area contributed by atoms with Crippen molar-refractivity contribution in [1.82, 2.24) is 15.1 Å². The second-order valence-corrected chi connectivity index (χ2v) is 7.97. The van der Waals surface area contributed by atoms with Crippen LogP contribution in [0.15, 0.2) is 41.7 Å². The van der Waals surface area contributed by atoms with E-state index in [0.29, 0.717) is 12.3 Å². The molecule has 1 aromatic carbocycles. The van der Waals surface area contributed by atoms with Crippen molar-refractivity contribution in [3.63, 3.8) is 0 Å². The van der Waals surface area contributed by atoms with E-state index >= 15 is 0 Å². The summed E-state index contributed by atoms with van der Waals surface area (Å²) in [4.78, 5) is 49.8. The molecule has 1 N–H and O–H groups in total. The number of carboxylic acid groups (broad SMARTS) is 1. The Bertz CT molecular complexity index is 879. The molecule has 11 heteroatoms. The number of carbonyl (C=O) groups is 4. The molecule has 9 nitrogen and oxygen atoms in total. The Morgan fingerprint density at radius 2 is 1.97 bits per heavy atom. The number of rotatable bonds is 9. The Morgan fingerprint density at radius 3 is 2.58 bits per heavy atom. The summed E-state index contributed by atoms with van der Waals surface area (Å²) in [7, 11) is 0. The molecule has 0 saturated carbocycles. The summed E-state index contributed by atoms with van der Waals surface area (Å²) in [5.41, 5.74) is 0.745. The minimum Gasteiger partial charge on any atom is -0.543 e. The number of benzene rings is 1. The molecule has 31 heavy (non-hydrogen) atoms. The molecule has 1 saturated heterocycles. The summed E-state index contributed by atoms with van der Waals surface area (Å²) >= 11 is 1.34. The third-order valence-electron chi connectivity index (χ3n) is 4.77. The van der Waals surface area contributed by atoms with Gasteiger partial charge in [-0.15, -0.1) is 11.8 Å². The zero-order valence-electron chi connectivity index (χ0n) is 17.5. The standard InChI is InChI=1S/C20H23N3O6S.Na/c1-13(24)21-7-8-30-12-22(20(28)29-11-14-5-3-2-4-6-14)16-9-15-10-17(25)23(15)18(16)19(26)27;/h2-6,15H,7-12H2,1H3,(H,21,24)(H,26,27);/q;+1/p-1. The number of nitrogens with zero attached hydrogens (tertiary/aromatic N) is 2. The maximum Gasteiger partial charge on any atom is 1.00 e. The van der Waals surface area contributed by atoms with Gasteiger partial charge in [0.2, 0.25) is 11.8 Å². The molecule has 160 valence electrons. The van der Waals surface area contributed by atoms with Crippen LogP contribution in [0.1, 0.15) is 25.3 Å². The van der Waals surface area contributed by atoms with Gasteiger partial charge in [0.25, 0.3) is 0 Å². The van der Waals surface area contributed by atoms with E-state index in [4.69, 9.17) is 4.74 Å². The number of fused-ring (bicyclic) bond motifs is 1. The molecule has 0 aromatic heterocycles. The molecule has 1 unspecified atom stereocenters. The monoisotopic (exact) mass is 455 g/mol. The van der Waals surface area contributed by atoms with Gasteiger partial charge in [-0.1, -0.05) is 30.3 Å². The minimum atomic E-state index is -1.50. The number of β-lactam (4-membered cyclic amide) rings is 1. The quantitative estimate of drug-likeness (QED) is 0.188. The predicted octanol–water partition coefficient (Wildman–Crippen LogP) is -2.58. The fourth-order valence-corrected chi connectivity index (χ4v) is 4.18. The van der Waals surface area contributed by atoms with Crippen LogP contribution in [-0.4, -0.2) is 57.9 Å². The van der Waals surface area contributed by atoms with Gasteiger partial charge in [-0.2, -0.15) is 0 Å². The van der Waals surface area contributed by atoms with Gasteiger partial charge in [-0.3, -0.25) is 14.5 Å². The molecule has 3 rings (SSSR count). The first-order chi connectivity index (χ1) is 14.4. The van der Waals surface area contributed by atoms with Crippen LogP contribution in [-0.2, 0) is 25.7 Å². The molecule has 3 amide bonds. The van der Waals surface area contributed by atoms with Crippen LogP contribution >= 0.6 is 11.8 Å². The second kappa shape index (κ2) is 11.6. The summed E-state index contributed by atoms with van der Waals surface area (Å²) in [5.74, 6) is -1.32. The molecule has 0 aliphatic carbocycles. The number of hydrogen-bond acceptors (Lipinski definition) is 7. The molecule has 1 atom stereocenters. The summed E-state index contributed by atoms with van der Waals surface area (Å²) in [6.07, 6.45) is -0.209. The number of aliphatic carboxylic acids is 1. The molecule has 2 aliphatic heterocycles. The van der Waals surface area contributed by atoms with Gasteiger partial charge >= 0.3 is 35.7 Å². The summed E-state index contributed by atoms with van der Waals surface area (Å²) in [5, 5.41) is 14.4. The zero-order chi connectivity index (χ0) is 21.7. The smallest absolute Gasteiger partial charge is 0.543 e. The van der Waals surface area contributed by atoms with Crippen molar-refractivity contribution in [3.05, 3.63) is 47.3 Å². The van der Waals surface area contributed by atoms with Crippen molar-refractivity contribution < 1.29 is 58.6 Å². The van der Waals surface area contributed by atoms with Gasteiger partial charge in [-0.05, 0) is 5.56 Å². The molecule has 0 radical (unpaired) electrons. The van der Waals surface area contributed by atoms with Crippen LogP contribution in [0.5, 0.6) is 0 Å². The Hall–Kier alpha value is -2.01. The predicted molar refractivity (Wildman–Crippen MR) is 106 cm³/mol. The molecular formula is C20H22N3NaO6S. The topological polar surface area (TPSA) is 119 Å². The van der Waals surface area contributed by atoms with E-state index in [0.717, 1.165) is 5.56 Å². The molecule has 0 bridgehead atoms. The van der Waals surface area contributed by atoms with Crippen molar-refractivity contribution in [2.24, 2.45) is 0 Å². The van der Waals surface area contributed by atoms with Crippen LogP contribution < -0.4 is 40.0 Å². The van der Waals surface area contributed by atoms with E-state index < -0.39 is 12.1 Å². The Kier molecular flexibility index (Phi) is 9.42. The largest absolute Gasteiger partial charge is 1.00 e. The van der Waals surface area contributed by atoms with Gasteiger partial charge in [0.1, 0.15) is 6.61 Å². The summed E-state index contributed by atoms with van der Waals surface area (Å²) in [6.45, 7) is 1.86. The average Bonchev–Trinajstić information content (AvgIpc) is 3.02. The Labute approximate surface area is 206 Å². The van der Waals surface area contributed by atoms with Crippen LogP contribution in [0.3, 0.4) is 0 Å². The Balaban J connectivity index is 0.00000341. The van der Waals surface area contributed by atoms with Crippen molar-refractivity contribution in [3.8, 4) is 0 Å². The first kappa shape index (κ1) is 25.3. The van der Waals surface area contributed by atoms with Crippen molar-refractivity contribution >= 4 is 35.6 Å². The zero-order valence-corrected chi connectivity index (χ0v) is 20.3. The fraction of sp³-hybridized carbons (Fsp3) is 0.400. The van der Waals surface area contributed by atoms with Gasteiger partial charge in [0, 0.05) is 32.1 Å². The van der Waals surface area contributed by atoms with E-state index in [2.05, 4.69) is 5.32 Å². The molecule has 1 fully saturated rings. The second-order valence-electron chi connectivity index (χ2n) is 6.90. The minimum absolute atomic E-state index is 0. The average molecular weight is 455 g/mol. The van der Waals surface area contributed by atoms with Gasteiger partial charge in [-0.25, -0.2) is 4.79 Å². The first-order valence-electron chi connectivity index (χ1n) is 9.45. The number of hydrogen-bond donors (Lipinski definition) is 1. The van der Waals surface area contributed by atoms with Gasteiger partial charge in [0.05, 0.1) is 29.3 Å². The first-order valence-corrected chi connectivity index (χ1v) is 10.6. The van der Waals surface area contributed by atoms with Gasteiger partial charge < -0.3 is 24.9 Å². The number of carboxylic acids is 1. The molecule has 2 aliphatic rings. The van der Waals surface area contributed by atoms with Crippen molar-refractivity contribution in [1.29, 1.82) is 0 Å². The maximum atomic E-state index is 12.8. The van der Waals surface area contributed by atoms with Gasteiger partial charge in [0.15, 0.2) is 0 Å². The van der Waals surface area contributed by atoms with Crippen LogP contribution in [0.25, 0.3) is 0 Å². The number of carbonyl (C=O) groups excluding carboxylic acids is 4. The molecule has 0 spiro atoms. The van der Waals surface area contributed by atoms with Crippen LogP contribution in [0.4, 0.5) is 4.79 Å². The summed E-state index contributed by atoms with van der Waals surface area (Å²) < 4.78 is 5.40. The van der Waals surface area contributed by atoms with Crippen molar-refractivity contribution in [2.75, 3.05) is 18.2 Å². The number of nitrogens with one attached hydrogen (secondary N) is 1. The fourth-order valence-electron chi connectivity index (χ4n) is 3.36. The van der Waals surface area contributed by atoms with E-state index in [-0.39, 0.29) is 84.1 Å². The Morgan fingerprint density at radius 1 is 1.26 bits per heavy atom. The third-order valence-corrected chi connectivity index (χ3v) is 5.71.